The molecule has 1 fully saturated rings. The predicted octanol–water partition coefficient (Wildman–Crippen LogP) is 2.49. The molecule has 29 heavy (non-hydrogen) atoms. The van der Waals surface area contributed by atoms with Gasteiger partial charge in [0.25, 0.3) is 5.91 Å². The van der Waals surface area contributed by atoms with E-state index in [1.165, 1.54) is 0 Å². The third-order valence-electron chi connectivity index (χ3n) is 5.51. The monoisotopic (exact) mass is 401 g/mol. The predicted molar refractivity (Wildman–Crippen MR) is 109 cm³/mol. The van der Waals surface area contributed by atoms with Crippen molar-refractivity contribution in [2.75, 3.05) is 33.4 Å². The number of piperidine rings is 1. The standard InChI is InChI=1S/C21H31N5O3/c1-5-26-15(2)19(13-23-26)21(27)25-8-6-17(7-9-25)20-18(12-22-16(3)24-20)14-29-11-10-28-4/h12-13,17H,5-11,14H2,1-4H3. The van der Waals surface area contributed by atoms with E-state index in [9.17, 15) is 4.79 Å². The molecule has 0 aromatic carbocycles. The van der Waals surface area contributed by atoms with Crippen LogP contribution in [0.15, 0.2) is 12.4 Å². The minimum absolute atomic E-state index is 0.0719. The Labute approximate surface area is 172 Å². The highest BCUT2D eigenvalue weighted by Gasteiger charge is 2.28. The van der Waals surface area contributed by atoms with Gasteiger partial charge in [-0.2, -0.15) is 5.10 Å². The third kappa shape index (κ3) is 5.00. The Bertz CT molecular complexity index is 828. The Morgan fingerprint density at radius 1 is 1.21 bits per heavy atom. The first-order chi connectivity index (χ1) is 14.0. The van der Waals surface area contributed by atoms with Crippen LogP contribution >= 0.6 is 0 Å². The largest absolute Gasteiger partial charge is 0.382 e. The molecular formula is C21H31N5O3. The zero-order valence-corrected chi connectivity index (χ0v) is 17.8. The highest BCUT2D eigenvalue weighted by Crippen LogP contribution is 2.30. The number of methoxy groups -OCH3 is 1. The maximum atomic E-state index is 12.9. The van der Waals surface area contributed by atoms with E-state index in [2.05, 4.69) is 10.1 Å². The van der Waals surface area contributed by atoms with E-state index in [4.69, 9.17) is 14.5 Å². The molecule has 2 aromatic rings. The Morgan fingerprint density at radius 3 is 2.62 bits per heavy atom. The van der Waals surface area contributed by atoms with Crippen LogP contribution in [0.25, 0.3) is 0 Å². The highest BCUT2D eigenvalue weighted by atomic mass is 16.5. The lowest BCUT2D eigenvalue weighted by molar-refractivity contribution is 0.0604. The summed E-state index contributed by atoms with van der Waals surface area (Å²) in [7, 11) is 1.66. The van der Waals surface area contributed by atoms with Gasteiger partial charge in [0.15, 0.2) is 0 Å². The van der Waals surface area contributed by atoms with Crippen molar-refractivity contribution >= 4 is 5.91 Å². The van der Waals surface area contributed by atoms with Gasteiger partial charge in [-0.3, -0.25) is 9.48 Å². The second-order valence-electron chi connectivity index (χ2n) is 7.40. The zero-order chi connectivity index (χ0) is 20.8. The van der Waals surface area contributed by atoms with Crippen molar-refractivity contribution in [3.63, 3.8) is 0 Å². The molecule has 1 saturated heterocycles. The van der Waals surface area contributed by atoms with Crippen LogP contribution in [0, 0.1) is 13.8 Å². The Hall–Kier alpha value is -2.32. The molecule has 1 aliphatic heterocycles. The first-order valence-electron chi connectivity index (χ1n) is 10.3. The second-order valence-corrected chi connectivity index (χ2v) is 7.40. The molecule has 0 radical (unpaired) electrons. The average molecular weight is 402 g/mol. The number of hydrogen-bond donors (Lipinski definition) is 0. The van der Waals surface area contributed by atoms with Crippen molar-refractivity contribution in [2.45, 2.75) is 52.7 Å². The molecule has 1 amide bonds. The second kappa shape index (κ2) is 9.93. The number of hydrogen-bond acceptors (Lipinski definition) is 6. The van der Waals surface area contributed by atoms with Crippen LogP contribution in [-0.2, 0) is 22.6 Å². The summed E-state index contributed by atoms with van der Waals surface area (Å²) < 4.78 is 12.6. The molecule has 0 unspecified atom stereocenters. The van der Waals surface area contributed by atoms with Gasteiger partial charge in [0, 0.05) is 50.1 Å². The lowest BCUT2D eigenvalue weighted by Gasteiger charge is -2.32. The molecule has 0 bridgehead atoms. The maximum absolute atomic E-state index is 12.9. The van der Waals surface area contributed by atoms with E-state index in [0.717, 1.165) is 42.2 Å². The summed E-state index contributed by atoms with van der Waals surface area (Å²) in [6, 6.07) is 0. The number of carbonyl (C=O) groups is 1. The van der Waals surface area contributed by atoms with Crippen molar-refractivity contribution in [3.8, 4) is 0 Å². The Morgan fingerprint density at radius 2 is 1.97 bits per heavy atom. The molecule has 8 heteroatoms. The van der Waals surface area contributed by atoms with E-state index in [1.54, 1.807) is 13.3 Å². The van der Waals surface area contributed by atoms with E-state index in [1.807, 2.05) is 36.5 Å². The maximum Gasteiger partial charge on any atom is 0.257 e. The summed E-state index contributed by atoms with van der Waals surface area (Å²) in [5, 5.41) is 4.31. The molecule has 0 spiro atoms. The fourth-order valence-electron chi connectivity index (χ4n) is 3.80. The van der Waals surface area contributed by atoms with Crippen molar-refractivity contribution in [2.24, 2.45) is 0 Å². The quantitative estimate of drug-likeness (QED) is 0.632. The van der Waals surface area contributed by atoms with Crippen molar-refractivity contribution in [1.29, 1.82) is 0 Å². The number of nitrogens with zero attached hydrogens (tertiary/aromatic N) is 5. The topological polar surface area (TPSA) is 82.4 Å². The molecule has 8 nitrogen and oxygen atoms in total. The fourth-order valence-corrected chi connectivity index (χ4v) is 3.80. The van der Waals surface area contributed by atoms with Crippen LogP contribution in [0.2, 0.25) is 0 Å². The Balaban J connectivity index is 1.65. The first-order valence-corrected chi connectivity index (χ1v) is 10.3. The van der Waals surface area contributed by atoms with Crippen LogP contribution < -0.4 is 0 Å². The molecule has 158 valence electrons. The molecule has 2 aromatic heterocycles. The molecule has 0 saturated carbocycles. The zero-order valence-electron chi connectivity index (χ0n) is 17.8. The van der Waals surface area contributed by atoms with E-state index in [0.29, 0.717) is 44.4 Å². The van der Waals surface area contributed by atoms with Crippen molar-refractivity contribution in [3.05, 3.63) is 40.7 Å². The van der Waals surface area contributed by atoms with Crippen LogP contribution in [-0.4, -0.2) is 64.0 Å². The van der Waals surface area contributed by atoms with Gasteiger partial charge in [-0.25, -0.2) is 9.97 Å². The first kappa shape index (κ1) is 21.4. The van der Waals surface area contributed by atoms with E-state index in [-0.39, 0.29) is 5.91 Å². The van der Waals surface area contributed by atoms with Gasteiger partial charge in [0.1, 0.15) is 5.82 Å². The number of amides is 1. The molecule has 0 atom stereocenters. The number of rotatable bonds is 8. The van der Waals surface area contributed by atoms with Gasteiger partial charge in [0.2, 0.25) is 0 Å². The molecule has 0 N–H and O–H groups in total. The SMILES string of the molecule is CCn1ncc(C(=O)N2CCC(c3nc(C)ncc3COCCOC)CC2)c1C. The van der Waals surface area contributed by atoms with Crippen LogP contribution in [0.3, 0.4) is 0 Å². The molecule has 3 heterocycles. The van der Waals surface area contributed by atoms with Crippen molar-refractivity contribution < 1.29 is 14.3 Å². The molecule has 3 rings (SSSR count). The normalized spacial score (nSPS) is 15.1. The van der Waals surface area contributed by atoms with Gasteiger partial charge in [-0.1, -0.05) is 0 Å². The summed E-state index contributed by atoms with van der Waals surface area (Å²) in [6.45, 7) is 9.68. The number of ether oxygens (including phenoxy) is 2. The van der Waals surface area contributed by atoms with E-state index < -0.39 is 0 Å². The lowest BCUT2D eigenvalue weighted by Crippen LogP contribution is -2.38. The number of likely N-dealkylation sites (tertiary alicyclic amines) is 1. The summed E-state index contributed by atoms with van der Waals surface area (Å²) >= 11 is 0. The molecule has 0 aliphatic carbocycles. The molecule has 1 aliphatic rings. The van der Waals surface area contributed by atoms with Crippen LogP contribution in [0.1, 0.15) is 58.8 Å². The number of aryl methyl sites for hydroxylation is 2. The lowest BCUT2D eigenvalue weighted by atomic mass is 9.90. The highest BCUT2D eigenvalue weighted by molar-refractivity contribution is 5.95. The summed E-state index contributed by atoms with van der Waals surface area (Å²) in [5.41, 5.74) is 3.71. The summed E-state index contributed by atoms with van der Waals surface area (Å²) in [6.07, 6.45) is 5.32. The third-order valence-corrected chi connectivity index (χ3v) is 5.51. The average Bonchev–Trinajstić information content (AvgIpc) is 3.12. The van der Waals surface area contributed by atoms with Crippen molar-refractivity contribution in [1.82, 2.24) is 24.6 Å². The number of aromatic nitrogens is 4. The molecular weight excluding hydrogens is 370 g/mol. The number of carbonyl (C=O) groups excluding carboxylic acids is 1. The minimum atomic E-state index is 0.0719. The smallest absolute Gasteiger partial charge is 0.257 e. The van der Waals surface area contributed by atoms with Crippen LogP contribution in [0.5, 0.6) is 0 Å². The van der Waals surface area contributed by atoms with Gasteiger partial charge < -0.3 is 14.4 Å². The van der Waals surface area contributed by atoms with E-state index >= 15 is 0 Å². The van der Waals surface area contributed by atoms with Gasteiger partial charge in [0.05, 0.1) is 37.3 Å². The minimum Gasteiger partial charge on any atom is -0.382 e. The fraction of sp³-hybridized carbons (Fsp3) is 0.619. The Kier molecular flexibility index (Phi) is 7.33. The van der Waals surface area contributed by atoms with Gasteiger partial charge in [-0.15, -0.1) is 0 Å². The van der Waals surface area contributed by atoms with Gasteiger partial charge in [-0.05, 0) is 33.6 Å². The summed E-state index contributed by atoms with van der Waals surface area (Å²) in [5.74, 6) is 1.14. The summed E-state index contributed by atoms with van der Waals surface area (Å²) in [4.78, 5) is 23.9. The van der Waals surface area contributed by atoms with Gasteiger partial charge >= 0.3 is 0 Å². The van der Waals surface area contributed by atoms with Crippen LogP contribution in [0.4, 0.5) is 0 Å².